The van der Waals surface area contributed by atoms with Gasteiger partial charge in [-0.3, -0.25) is 5.43 Å². The number of hydrazone groups is 1. The van der Waals surface area contributed by atoms with Crippen molar-refractivity contribution in [2.24, 2.45) is 5.10 Å². The van der Waals surface area contributed by atoms with Gasteiger partial charge in [0.2, 0.25) is 0 Å². The van der Waals surface area contributed by atoms with E-state index in [1.165, 1.54) is 18.5 Å². The summed E-state index contributed by atoms with van der Waals surface area (Å²) in [4.78, 5) is 0. The van der Waals surface area contributed by atoms with Gasteiger partial charge in [0.1, 0.15) is 12.1 Å². The zero-order valence-corrected chi connectivity index (χ0v) is 10.7. The molecule has 100 valence electrons. The van der Waals surface area contributed by atoms with Crippen molar-refractivity contribution in [3.05, 3.63) is 54.1 Å². The van der Waals surface area contributed by atoms with Gasteiger partial charge in [0.05, 0.1) is 5.71 Å². The van der Waals surface area contributed by atoms with Crippen molar-refractivity contribution in [1.82, 2.24) is 19.8 Å². The first kappa shape index (κ1) is 12.2. The third kappa shape index (κ3) is 2.46. The van der Waals surface area contributed by atoms with Crippen LogP contribution >= 0.6 is 0 Å². The number of rotatable bonds is 3. The summed E-state index contributed by atoms with van der Waals surface area (Å²) in [6.07, 6.45) is 1.51. The number of fused-ring (bicyclic) bond motifs is 1. The highest BCUT2D eigenvalue weighted by Gasteiger charge is 2.00. The van der Waals surface area contributed by atoms with Crippen molar-refractivity contribution in [2.45, 2.75) is 6.92 Å². The van der Waals surface area contributed by atoms with E-state index in [0.717, 1.165) is 11.3 Å². The summed E-state index contributed by atoms with van der Waals surface area (Å²) in [5.41, 5.74) is 5.08. The lowest BCUT2D eigenvalue weighted by atomic mass is 10.1. The minimum Gasteiger partial charge on any atom is -0.260 e. The molecular weight excluding hydrogens is 259 g/mol. The highest BCUT2D eigenvalue weighted by Crippen LogP contribution is 2.07. The molecule has 1 aromatic carbocycles. The Kier molecular flexibility index (Phi) is 3.08. The number of nitrogens with zero attached hydrogens (tertiary/aromatic N) is 5. The van der Waals surface area contributed by atoms with Crippen LogP contribution in [0.15, 0.2) is 47.8 Å². The van der Waals surface area contributed by atoms with Crippen LogP contribution < -0.4 is 5.43 Å². The summed E-state index contributed by atoms with van der Waals surface area (Å²) in [7, 11) is 0. The van der Waals surface area contributed by atoms with Gasteiger partial charge in [-0.2, -0.15) is 9.62 Å². The van der Waals surface area contributed by atoms with Gasteiger partial charge in [-0.25, -0.2) is 4.39 Å². The van der Waals surface area contributed by atoms with E-state index < -0.39 is 0 Å². The van der Waals surface area contributed by atoms with Gasteiger partial charge in [0.25, 0.3) is 0 Å². The SMILES string of the molecule is C/C(=N/Nc1ccc2nncn2n1)c1ccc(F)cc1. The number of aromatic nitrogens is 4. The lowest BCUT2D eigenvalue weighted by molar-refractivity contribution is 0.628. The van der Waals surface area contributed by atoms with Gasteiger partial charge in [-0.05, 0) is 36.8 Å². The second-order valence-electron chi connectivity index (χ2n) is 4.17. The first-order valence-electron chi connectivity index (χ1n) is 5.96. The van der Waals surface area contributed by atoms with Crippen molar-refractivity contribution in [1.29, 1.82) is 0 Å². The molecule has 0 unspecified atom stereocenters. The number of halogens is 1. The van der Waals surface area contributed by atoms with Crippen molar-refractivity contribution in [3.8, 4) is 0 Å². The summed E-state index contributed by atoms with van der Waals surface area (Å²) in [6, 6.07) is 9.68. The average molecular weight is 270 g/mol. The number of hydrogen-bond acceptors (Lipinski definition) is 5. The lowest BCUT2D eigenvalue weighted by Gasteiger charge is -2.03. The number of anilines is 1. The first-order valence-corrected chi connectivity index (χ1v) is 5.96. The van der Waals surface area contributed by atoms with Gasteiger partial charge < -0.3 is 0 Å². The molecule has 0 aliphatic carbocycles. The van der Waals surface area contributed by atoms with Gasteiger partial charge in [0.15, 0.2) is 11.5 Å². The minimum absolute atomic E-state index is 0.269. The molecule has 0 atom stereocenters. The number of benzene rings is 1. The molecule has 3 rings (SSSR count). The van der Waals surface area contributed by atoms with E-state index >= 15 is 0 Å². The Morgan fingerprint density at radius 2 is 2.00 bits per heavy atom. The molecule has 2 heterocycles. The smallest absolute Gasteiger partial charge is 0.177 e. The van der Waals surface area contributed by atoms with E-state index in [1.807, 2.05) is 6.92 Å². The quantitative estimate of drug-likeness (QED) is 0.584. The van der Waals surface area contributed by atoms with Crippen LogP contribution in [0.1, 0.15) is 12.5 Å². The predicted molar refractivity (Wildman–Crippen MR) is 73.0 cm³/mol. The zero-order chi connectivity index (χ0) is 13.9. The van der Waals surface area contributed by atoms with Gasteiger partial charge in [-0.1, -0.05) is 12.1 Å². The molecule has 1 N–H and O–H groups in total. The normalized spacial score (nSPS) is 11.8. The Balaban J connectivity index is 1.80. The third-order valence-electron chi connectivity index (χ3n) is 2.76. The molecule has 20 heavy (non-hydrogen) atoms. The molecule has 0 bridgehead atoms. The van der Waals surface area contributed by atoms with Crippen molar-refractivity contribution >= 4 is 17.2 Å². The van der Waals surface area contributed by atoms with Crippen molar-refractivity contribution < 1.29 is 4.39 Å². The minimum atomic E-state index is -0.269. The Labute approximate surface area is 114 Å². The number of nitrogens with one attached hydrogen (secondary N) is 1. The fourth-order valence-corrected chi connectivity index (χ4v) is 1.68. The molecule has 0 fully saturated rings. The molecule has 0 saturated carbocycles. The van der Waals surface area contributed by atoms with E-state index in [2.05, 4.69) is 25.8 Å². The molecule has 0 aliphatic rings. The molecule has 2 aromatic heterocycles. The van der Waals surface area contributed by atoms with Crippen LogP contribution in [0.2, 0.25) is 0 Å². The predicted octanol–water partition coefficient (Wildman–Crippen LogP) is 2.10. The molecule has 0 radical (unpaired) electrons. The molecule has 3 aromatic rings. The van der Waals surface area contributed by atoms with Crippen LogP contribution in [-0.2, 0) is 0 Å². The first-order chi connectivity index (χ1) is 9.72. The summed E-state index contributed by atoms with van der Waals surface area (Å²) in [5, 5.41) is 16.0. The Hall–Kier alpha value is -2.83. The summed E-state index contributed by atoms with van der Waals surface area (Å²) in [6.45, 7) is 1.83. The molecule has 0 saturated heterocycles. The third-order valence-corrected chi connectivity index (χ3v) is 2.76. The maximum absolute atomic E-state index is 12.8. The lowest BCUT2D eigenvalue weighted by Crippen LogP contribution is -2.02. The van der Waals surface area contributed by atoms with Crippen LogP contribution in [-0.4, -0.2) is 25.5 Å². The van der Waals surface area contributed by atoms with Crippen LogP contribution in [0.5, 0.6) is 0 Å². The fraction of sp³-hybridized carbons (Fsp3) is 0.0769. The van der Waals surface area contributed by atoms with Crippen LogP contribution in [0.4, 0.5) is 10.2 Å². The summed E-state index contributed by atoms with van der Waals surface area (Å²) in [5.74, 6) is 0.299. The van der Waals surface area contributed by atoms with E-state index in [4.69, 9.17) is 0 Å². The Bertz CT molecular complexity index is 762. The summed E-state index contributed by atoms with van der Waals surface area (Å²) >= 11 is 0. The zero-order valence-electron chi connectivity index (χ0n) is 10.7. The van der Waals surface area contributed by atoms with E-state index in [9.17, 15) is 4.39 Å². The van der Waals surface area contributed by atoms with Crippen LogP contribution in [0.3, 0.4) is 0 Å². The molecule has 6 nitrogen and oxygen atoms in total. The topological polar surface area (TPSA) is 67.5 Å². The Morgan fingerprint density at radius 3 is 2.80 bits per heavy atom. The Morgan fingerprint density at radius 1 is 1.20 bits per heavy atom. The monoisotopic (exact) mass is 270 g/mol. The maximum Gasteiger partial charge on any atom is 0.177 e. The average Bonchev–Trinajstić information content (AvgIpc) is 2.93. The summed E-state index contributed by atoms with van der Waals surface area (Å²) < 4.78 is 14.4. The fourth-order valence-electron chi connectivity index (χ4n) is 1.68. The second kappa shape index (κ2) is 5.04. The van der Waals surface area contributed by atoms with Crippen molar-refractivity contribution in [2.75, 3.05) is 5.43 Å². The van der Waals surface area contributed by atoms with E-state index in [0.29, 0.717) is 11.5 Å². The standard InChI is InChI=1S/C13H11FN6/c1-9(10-2-4-11(14)5-3-10)16-17-12-6-7-13-18-15-8-20(13)19-12/h2-8H,1H3,(H,17,19)/b16-9-. The largest absolute Gasteiger partial charge is 0.260 e. The van der Waals surface area contributed by atoms with Crippen LogP contribution in [0.25, 0.3) is 5.65 Å². The van der Waals surface area contributed by atoms with Gasteiger partial charge in [0, 0.05) is 0 Å². The molecule has 7 heteroatoms. The molecule has 0 amide bonds. The highest BCUT2D eigenvalue weighted by atomic mass is 19.1. The maximum atomic E-state index is 12.8. The second-order valence-corrected chi connectivity index (χ2v) is 4.17. The van der Waals surface area contributed by atoms with Crippen LogP contribution in [0, 0.1) is 5.82 Å². The number of hydrogen-bond donors (Lipinski definition) is 1. The van der Waals surface area contributed by atoms with Crippen molar-refractivity contribution in [3.63, 3.8) is 0 Å². The highest BCUT2D eigenvalue weighted by molar-refractivity contribution is 5.98. The van der Waals surface area contributed by atoms with E-state index in [1.54, 1.807) is 28.8 Å². The molecule has 0 aliphatic heterocycles. The van der Waals surface area contributed by atoms with E-state index in [-0.39, 0.29) is 5.82 Å². The van der Waals surface area contributed by atoms with Gasteiger partial charge >= 0.3 is 0 Å². The molecular formula is C13H11FN6. The van der Waals surface area contributed by atoms with Gasteiger partial charge in [-0.15, -0.1) is 15.3 Å². The molecule has 0 spiro atoms.